The summed E-state index contributed by atoms with van der Waals surface area (Å²) in [6.07, 6.45) is 17.0. The lowest BCUT2D eigenvalue weighted by Crippen LogP contribution is -2.35. The van der Waals surface area contributed by atoms with Crippen LogP contribution in [-0.4, -0.2) is 12.5 Å². The lowest BCUT2D eigenvalue weighted by atomic mass is 9.79. The highest BCUT2D eigenvalue weighted by Crippen LogP contribution is 2.31. The molecule has 0 aliphatic rings. The Hall–Kier alpha value is -0.790. The monoisotopic (exact) mass is 309 g/mol. The highest BCUT2D eigenvalue weighted by Gasteiger charge is 2.23. The van der Waals surface area contributed by atoms with Gasteiger partial charge in [-0.15, -0.1) is 0 Å². The van der Waals surface area contributed by atoms with Crippen molar-refractivity contribution in [2.24, 2.45) is 5.41 Å². The lowest BCUT2D eigenvalue weighted by molar-refractivity contribution is -0.117. The Balaban J connectivity index is 4.15. The van der Waals surface area contributed by atoms with Crippen LogP contribution < -0.4 is 5.32 Å². The number of carbonyl (C=O) groups is 1. The predicted molar refractivity (Wildman–Crippen MR) is 98.1 cm³/mol. The van der Waals surface area contributed by atoms with Crippen LogP contribution in [0.3, 0.4) is 0 Å². The van der Waals surface area contributed by atoms with Crippen molar-refractivity contribution >= 4 is 5.91 Å². The molecule has 0 aromatic heterocycles. The SMILES string of the molecule is C=CC(=O)NCC(C)(CCCCCCC)CCCCCCC. The van der Waals surface area contributed by atoms with Crippen LogP contribution in [0, 0.1) is 5.41 Å². The molecule has 1 N–H and O–H groups in total. The molecule has 1 amide bonds. The van der Waals surface area contributed by atoms with Gasteiger partial charge >= 0.3 is 0 Å². The quantitative estimate of drug-likeness (QED) is 0.291. The number of carbonyl (C=O) groups excluding carboxylic acids is 1. The van der Waals surface area contributed by atoms with Crippen LogP contribution in [0.25, 0.3) is 0 Å². The Morgan fingerprint density at radius 1 is 0.909 bits per heavy atom. The smallest absolute Gasteiger partial charge is 0.243 e. The first-order valence-electron chi connectivity index (χ1n) is 9.48. The van der Waals surface area contributed by atoms with Gasteiger partial charge in [-0.05, 0) is 24.3 Å². The van der Waals surface area contributed by atoms with Gasteiger partial charge in [-0.2, -0.15) is 0 Å². The van der Waals surface area contributed by atoms with Crippen LogP contribution >= 0.6 is 0 Å². The van der Waals surface area contributed by atoms with E-state index in [1.54, 1.807) is 0 Å². The molecule has 0 aromatic rings. The summed E-state index contributed by atoms with van der Waals surface area (Å²) in [4.78, 5) is 11.5. The topological polar surface area (TPSA) is 29.1 Å². The number of hydrogen-bond donors (Lipinski definition) is 1. The van der Waals surface area contributed by atoms with Gasteiger partial charge in [-0.25, -0.2) is 0 Å². The summed E-state index contributed by atoms with van der Waals surface area (Å²) in [5.74, 6) is -0.0387. The Morgan fingerprint density at radius 3 is 1.77 bits per heavy atom. The van der Waals surface area contributed by atoms with Crippen molar-refractivity contribution in [3.63, 3.8) is 0 Å². The molecule has 0 saturated heterocycles. The minimum absolute atomic E-state index is 0.0387. The minimum atomic E-state index is -0.0387. The largest absolute Gasteiger partial charge is 0.352 e. The summed E-state index contributed by atoms with van der Waals surface area (Å²) in [7, 11) is 0. The van der Waals surface area contributed by atoms with Gasteiger partial charge in [-0.3, -0.25) is 4.79 Å². The van der Waals surface area contributed by atoms with Crippen molar-refractivity contribution in [1.29, 1.82) is 0 Å². The van der Waals surface area contributed by atoms with Crippen LogP contribution in [0.2, 0.25) is 0 Å². The summed E-state index contributed by atoms with van der Waals surface area (Å²) in [6.45, 7) is 11.2. The van der Waals surface area contributed by atoms with E-state index >= 15 is 0 Å². The minimum Gasteiger partial charge on any atom is -0.352 e. The first-order chi connectivity index (χ1) is 10.6. The maximum absolute atomic E-state index is 11.5. The van der Waals surface area contributed by atoms with Crippen LogP contribution in [0.4, 0.5) is 0 Å². The van der Waals surface area contributed by atoms with E-state index in [1.807, 2.05) is 0 Å². The van der Waals surface area contributed by atoms with Gasteiger partial charge in [0.25, 0.3) is 0 Å². The fraction of sp³-hybridized carbons (Fsp3) is 0.850. The van der Waals surface area contributed by atoms with E-state index in [2.05, 4.69) is 32.7 Å². The molecule has 0 heterocycles. The molecule has 0 fully saturated rings. The van der Waals surface area contributed by atoms with Crippen molar-refractivity contribution in [2.75, 3.05) is 6.54 Å². The molecule has 0 unspecified atom stereocenters. The van der Waals surface area contributed by atoms with Crippen LogP contribution in [0.5, 0.6) is 0 Å². The molecule has 2 nitrogen and oxygen atoms in total. The van der Waals surface area contributed by atoms with Gasteiger partial charge in [0.2, 0.25) is 5.91 Å². The maximum Gasteiger partial charge on any atom is 0.243 e. The number of nitrogens with one attached hydrogen (secondary N) is 1. The Morgan fingerprint density at radius 2 is 1.36 bits per heavy atom. The summed E-state index contributed by atoms with van der Waals surface area (Å²) >= 11 is 0. The van der Waals surface area contributed by atoms with E-state index in [4.69, 9.17) is 0 Å². The Kier molecular flexibility index (Phi) is 13.3. The summed E-state index contributed by atoms with van der Waals surface area (Å²) in [6, 6.07) is 0. The average molecular weight is 310 g/mol. The predicted octanol–water partition coefficient (Wildman–Crippen LogP) is 6.02. The van der Waals surface area contributed by atoms with Gasteiger partial charge in [0, 0.05) is 6.54 Å². The van der Waals surface area contributed by atoms with E-state index in [-0.39, 0.29) is 11.3 Å². The van der Waals surface area contributed by atoms with Crippen molar-refractivity contribution in [2.45, 2.75) is 97.8 Å². The average Bonchev–Trinajstić information content (AvgIpc) is 2.52. The van der Waals surface area contributed by atoms with Gasteiger partial charge in [-0.1, -0.05) is 91.6 Å². The lowest BCUT2D eigenvalue weighted by Gasteiger charge is -2.30. The third kappa shape index (κ3) is 11.8. The maximum atomic E-state index is 11.5. The van der Waals surface area contributed by atoms with E-state index in [0.29, 0.717) is 0 Å². The molecule has 0 atom stereocenters. The molecule has 0 aromatic carbocycles. The van der Waals surface area contributed by atoms with E-state index in [9.17, 15) is 4.79 Å². The summed E-state index contributed by atoms with van der Waals surface area (Å²) < 4.78 is 0. The second-order valence-electron chi connectivity index (χ2n) is 7.06. The number of amides is 1. The van der Waals surface area contributed by atoms with Crippen molar-refractivity contribution < 1.29 is 4.79 Å². The number of hydrogen-bond acceptors (Lipinski definition) is 1. The molecule has 130 valence electrons. The van der Waals surface area contributed by atoms with Crippen molar-refractivity contribution in [1.82, 2.24) is 5.32 Å². The van der Waals surface area contributed by atoms with Gasteiger partial charge < -0.3 is 5.32 Å². The molecule has 0 bridgehead atoms. The molecule has 0 aliphatic heterocycles. The first kappa shape index (κ1) is 21.2. The van der Waals surface area contributed by atoms with E-state index in [1.165, 1.54) is 83.1 Å². The summed E-state index contributed by atoms with van der Waals surface area (Å²) in [5.41, 5.74) is 0.247. The van der Waals surface area contributed by atoms with Gasteiger partial charge in [0.05, 0.1) is 0 Å². The molecular formula is C20H39NO. The van der Waals surface area contributed by atoms with E-state index < -0.39 is 0 Å². The molecule has 0 spiro atoms. The zero-order valence-electron chi connectivity index (χ0n) is 15.4. The summed E-state index contributed by atoms with van der Waals surface area (Å²) in [5, 5.41) is 3.02. The zero-order chi connectivity index (χ0) is 16.7. The van der Waals surface area contributed by atoms with Crippen molar-refractivity contribution in [3.8, 4) is 0 Å². The Bertz CT molecular complexity index is 271. The third-order valence-corrected chi connectivity index (χ3v) is 4.64. The second-order valence-corrected chi connectivity index (χ2v) is 7.06. The second kappa shape index (κ2) is 13.8. The number of rotatable bonds is 15. The zero-order valence-corrected chi connectivity index (χ0v) is 15.4. The standard InChI is InChI=1S/C20H39NO/c1-5-8-10-12-14-16-20(4,18-21-19(22)7-3)17-15-13-11-9-6-2/h7H,3,5-6,8-18H2,1-2,4H3,(H,21,22). The Labute approximate surface area is 139 Å². The molecule has 0 rings (SSSR count). The fourth-order valence-corrected chi connectivity index (χ4v) is 2.99. The van der Waals surface area contributed by atoms with Crippen LogP contribution in [0.1, 0.15) is 97.8 Å². The fourth-order valence-electron chi connectivity index (χ4n) is 2.99. The van der Waals surface area contributed by atoms with Crippen LogP contribution in [0.15, 0.2) is 12.7 Å². The molecule has 22 heavy (non-hydrogen) atoms. The first-order valence-corrected chi connectivity index (χ1v) is 9.48. The van der Waals surface area contributed by atoms with Crippen molar-refractivity contribution in [3.05, 3.63) is 12.7 Å². The normalized spacial score (nSPS) is 11.4. The number of unbranched alkanes of at least 4 members (excludes halogenated alkanes) is 8. The van der Waals surface area contributed by atoms with E-state index in [0.717, 1.165) is 6.54 Å². The third-order valence-electron chi connectivity index (χ3n) is 4.64. The van der Waals surface area contributed by atoms with Gasteiger partial charge in [0.1, 0.15) is 0 Å². The van der Waals surface area contributed by atoms with Crippen LogP contribution in [-0.2, 0) is 4.79 Å². The molecule has 0 aliphatic carbocycles. The highest BCUT2D eigenvalue weighted by molar-refractivity contribution is 5.86. The highest BCUT2D eigenvalue weighted by atomic mass is 16.1. The molecule has 0 saturated carbocycles. The molecule has 0 radical (unpaired) electrons. The van der Waals surface area contributed by atoms with Gasteiger partial charge in [0.15, 0.2) is 0 Å². The molecular weight excluding hydrogens is 270 g/mol. The molecule has 2 heteroatoms.